The van der Waals surface area contributed by atoms with Gasteiger partial charge in [0.25, 0.3) is 5.78 Å². The summed E-state index contributed by atoms with van der Waals surface area (Å²) >= 11 is 5.90. The molecule has 0 radical (unpaired) electrons. The molecule has 7 nitrogen and oxygen atoms in total. The van der Waals surface area contributed by atoms with E-state index in [-0.39, 0.29) is 0 Å². The van der Waals surface area contributed by atoms with E-state index in [2.05, 4.69) is 20.4 Å². The Kier molecular flexibility index (Phi) is 3.21. The van der Waals surface area contributed by atoms with Crippen LogP contribution in [0, 0.1) is 0 Å². The lowest BCUT2D eigenvalue weighted by Gasteiger charge is -2.17. The maximum absolute atomic E-state index is 5.90. The lowest BCUT2D eigenvalue weighted by molar-refractivity contribution is 0.172. The Labute approximate surface area is 147 Å². The van der Waals surface area contributed by atoms with Crippen molar-refractivity contribution >= 4 is 34.4 Å². The largest absolute Gasteiger partial charge is 0.486 e. The molecule has 2 aromatic carbocycles. The third kappa shape index (κ3) is 2.53. The van der Waals surface area contributed by atoms with Crippen molar-refractivity contribution in [1.29, 1.82) is 0 Å². The number of halogens is 1. The van der Waals surface area contributed by atoms with Crippen molar-refractivity contribution in [2.24, 2.45) is 0 Å². The van der Waals surface area contributed by atoms with Gasteiger partial charge >= 0.3 is 0 Å². The van der Waals surface area contributed by atoms with Gasteiger partial charge < -0.3 is 14.8 Å². The van der Waals surface area contributed by atoms with Crippen LogP contribution in [0.5, 0.6) is 11.5 Å². The summed E-state index contributed by atoms with van der Waals surface area (Å²) in [5, 5.41) is 7.20. The highest BCUT2D eigenvalue weighted by Gasteiger charge is 2.17. The van der Waals surface area contributed by atoms with Crippen LogP contribution >= 0.6 is 11.6 Å². The number of nitrogens with zero attached hydrogens (tertiary/aromatic N) is 3. The van der Waals surface area contributed by atoms with Crippen LogP contribution in [0.25, 0.3) is 16.8 Å². The lowest BCUT2D eigenvalue weighted by Crippen LogP contribution is -2.15. The van der Waals surface area contributed by atoms with Crippen molar-refractivity contribution < 1.29 is 9.47 Å². The molecule has 1 aliphatic rings. The summed E-state index contributed by atoms with van der Waals surface area (Å²) in [5.41, 5.74) is 2.82. The molecule has 5 rings (SSSR count). The first-order chi connectivity index (χ1) is 12.3. The van der Waals surface area contributed by atoms with Gasteiger partial charge in [-0.1, -0.05) is 23.7 Å². The second-order valence-electron chi connectivity index (χ2n) is 5.78. The standard InChI is InChI=1S/C17H14ClN5O2/c18-11-3-1-10(2-4-11)9-19-16-21-17-20-12-7-14-15(25-6-5-24-14)8-13(12)23(17)22-16/h1-4,7-8H,5-6,9H2,(H2,19,20,21,22). The Morgan fingerprint density at radius 3 is 2.64 bits per heavy atom. The fourth-order valence-corrected chi connectivity index (χ4v) is 3.01. The molecule has 126 valence electrons. The van der Waals surface area contributed by atoms with E-state index in [9.17, 15) is 0 Å². The number of H-pyrrole nitrogens is 1. The zero-order valence-corrected chi connectivity index (χ0v) is 13.9. The van der Waals surface area contributed by atoms with E-state index >= 15 is 0 Å². The highest BCUT2D eigenvalue weighted by molar-refractivity contribution is 6.30. The third-order valence-corrected chi connectivity index (χ3v) is 4.36. The Bertz CT molecular complexity index is 1070. The number of rotatable bonds is 3. The van der Waals surface area contributed by atoms with Gasteiger partial charge in [-0.3, -0.25) is 5.10 Å². The topological polar surface area (TPSA) is 76.5 Å². The Morgan fingerprint density at radius 1 is 1.08 bits per heavy atom. The van der Waals surface area contributed by atoms with Crippen LogP contribution in [-0.2, 0) is 6.54 Å². The van der Waals surface area contributed by atoms with Gasteiger partial charge in [0.2, 0.25) is 5.95 Å². The fourth-order valence-electron chi connectivity index (χ4n) is 2.88. The normalized spacial score (nSPS) is 13.5. The molecule has 0 saturated carbocycles. The van der Waals surface area contributed by atoms with Crippen LogP contribution in [0.4, 0.5) is 5.95 Å². The molecule has 1 aliphatic heterocycles. The Morgan fingerprint density at radius 2 is 1.84 bits per heavy atom. The maximum Gasteiger partial charge on any atom is 0.253 e. The molecule has 0 atom stereocenters. The zero-order valence-electron chi connectivity index (χ0n) is 13.1. The van der Waals surface area contributed by atoms with Crippen molar-refractivity contribution in [1.82, 2.24) is 19.6 Å². The number of hydrogen-bond donors (Lipinski definition) is 2. The van der Waals surface area contributed by atoms with E-state index in [1.807, 2.05) is 40.9 Å². The number of imidazole rings is 1. The minimum absolute atomic E-state index is 0.553. The van der Waals surface area contributed by atoms with Gasteiger partial charge in [-0.25, -0.2) is 9.50 Å². The van der Waals surface area contributed by atoms with Gasteiger partial charge in [0, 0.05) is 23.7 Å². The van der Waals surface area contributed by atoms with Crippen LogP contribution in [0.15, 0.2) is 36.4 Å². The molecule has 4 aromatic rings. The summed E-state index contributed by atoms with van der Waals surface area (Å²) in [6.45, 7) is 1.75. The van der Waals surface area contributed by atoms with Crippen LogP contribution in [-0.4, -0.2) is 32.8 Å². The minimum Gasteiger partial charge on any atom is -0.486 e. The van der Waals surface area contributed by atoms with Crippen LogP contribution in [0.2, 0.25) is 5.02 Å². The minimum atomic E-state index is 0.553. The highest BCUT2D eigenvalue weighted by atomic mass is 35.5. The van der Waals surface area contributed by atoms with Gasteiger partial charge in [-0.05, 0) is 17.7 Å². The van der Waals surface area contributed by atoms with Crippen molar-refractivity contribution in [2.45, 2.75) is 6.54 Å². The summed E-state index contributed by atoms with van der Waals surface area (Å²) < 4.78 is 13.1. The second-order valence-corrected chi connectivity index (χ2v) is 6.22. The summed E-state index contributed by atoms with van der Waals surface area (Å²) in [6.07, 6.45) is 0. The molecule has 2 aromatic heterocycles. The summed E-state index contributed by atoms with van der Waals surface area (Å²) in [6, 6.07) is 11.5. The van der Waals surface area contributed by atoms with Gasteiger partial charge in [0.05, 0.1) is 11.0 Å². The van der Waals surface area contributed by atoms with E-state index in [0.29, 0.717) is 31.5 Å². The maximum atomic E-state index is 5.90. The molecule has 0 unspecified atom stereocenters. The van der Waals surface area contributed by atoms with Crippen molar-refractivity contribution in [3.63, 3.8) is 0 Å². The number of benzene rings is 2. The third-order valence-electron chi connectivity index (χ3n) is 4.10. The first-order valence-electron chi connectivity index (χ1n) is 7.92. The van der Waals surface area contributed by atoms with E-state index < -0.39 is 0 Å². The number of anilines is 1. The first-order valence-corrected chi connectivity index (χ1v) is 8.30. The molecule has 8 heteroatoms. The Balaban J connectivity index is 1.46. The second kappa shape index (κ2) is 5.56. The van der Waals surface area contributed by atoms with Gasteiger partial charge in [0.1, 0.15) is 13.2 Å². The molecule has 2 N–H and O–H groups in total. The van der Waals surface area contributed by atoms with Crippen molar-refractivity contribution in [2.75, 3.05) is 18.5 Å². The molecule has 0 saturated heterocycles. The number of nitrogens with one attached hydrogen (secondary N) is 2. The average molecular weight is 356 g/mol. The molecule has 0 amide bonds. The molecule has 0 fully saturated rings. The van der Waals surface area contributed by atoms with Crippen molar-refractivity contribution in [3.8, 4) is 11.5 Å². The van der Waals surface area contributed by atoms with Crippen molar-refractivity contribution in [3.05, 3.63) is 47.0 Å². The van der Waals surface area contributed by atoms with Crippen LogP contribution in [0.1, 0.15) is 5.56 Å². The highest BCUT2D eigenvalue weighted by Crippen LogP contribution is 2.34. The van der Waals surface area contributed by atoms with Gasteiger partial charge in [-0.15, -0.1) is 0 Å². The average Bonchev–Trinajstić information content (AvgIpc) is 3.17. The molecule has 0 bridgehead atoms. The molecule has 0 aliphatic carbocycles. The molecular weight excluding hydrogens is 342 g/mol. The number of aromatic nitrogens is 4. The lowest BCUT2D eigenvalue weighted by atomic mass is 10.2. The first kappa shape index (κ1) is 14.4. The number of ether oxygens (including phenoxy) is 2. The predicted molar refractivity (Wildman–Crippen MR) is 94.6 cm³/mol. The molecule has 25 heavy (non-hydrogen) atoms. The molecular formula is C17H14ClN5O2. The molecule has 0 spiro atoms. The van der Waals surface area contributed by atoms with E-state index in [4.69, 9.17) is 21.1 Å². The van der Waals surface area contributed by atoms with Crippen LogP contribution < -0.4 is 14.8 Å². The van der Waals surface area contributed by atoms with Crippen LogP contribution in [0.3, 0.4) is 0 Å². The monoisotopic (exact) mass is 355 g/mol. The van der Waals surface area contributed by atoms with Gasteiger partial charge in [-0.2, -0.15) is 4.98 Å². The van der Waals surface area contributed by atoms with E-state index in [1.165, 1.54) is 0 Å². The summed E-state index contributed by atoms with van der Waals surface area (Å²) in [4.78, 5) is 9.02. The smallest absolute Gasteiger partial charge is 0.253 e. The number of hydrogen-bond acceptors (Lipinski definition) is 5. The molecule has 3 heterocycles. The van der Waals surface area contributed by atoms with E-state index in [0.717, 1.165) is 33.1 Å². The van der Waals surface area contributed by atoms with Gasteiger partial charge in [0.15, 0.2) is 11.5 Å². The summed E-state index contributed by atoms with van der Waals surface area (Å²) in [5.74, 6) is 2.69. The fraction of sp³-hybridized carbons (Fsp3) is 0.176. The quantitative estimate of drug-likeness (QED) is 0.590. The number of fused-ring (bicyclic) bond motifs is 4. The summed E-state index contributed by atoms with van der Waals surface area (Å²) in [7, 11) is 0. The zero-order chi connectivity index (χ0) is 16.8. The number of aromatic amines is 1. The Hall–Kier alpha value is -2.93. The predicted octanol–water partition coefficient (Wildman–Crippen LogP) is 3.25. The SMILES string of the molecule is Clc1ccc(CNc2nc3nc4cc5c(cc4n3[nH]2)OCCO5)cc1. The van der Waals surface area contributed by atoms with E-state index in [1.54, 1.807) is 0 Å².